The summed E-state index contributed by atoms with van der Waals surface area (Å²) in [6, 6.07) is -1.18. The first-order chi connectivity index (χ1) is 29.7. The van der Waals surface area contributed by atoms with E-state index in [0.717, 1.165) is 38.5 Å². The summed E-state index contributed by atoms with van der Waals surface area (Å²) in [6.45, 7) is 3.43. The zero-order chi connectivity index (χ0) is 44.8. The van der Waals surface area contributed by atoms with E-state index in [1.54, 1.807) is 0 Å². The van der Waals surface area contributed by atoms with Crippen molar-refractivity contribution >= 4 is 5.91 Å². The Balaban J connectivity index is 2.35. The maximum absolute atomic E-state index is 13.1. The normalized spacial score (nSPS) is 21.5. The van der Waals surface area contributed by atoms with Crippen LogP contribution in [0.3, 0.4) is 0 Å². The number of ether oxygens (including phenoxy) is 2. The molecule has 61 heavy (non-hydrogen) atoms. The summed E-state index contributed by atoms with van der Waals surface area (Å²) in [7, 11) is 0. The van der Waals surface area contributed by atoms with E-state index in [0.29, 0.717) is 12.8 Å². The number of hydrogen-bond acceptors (Lipinski definition) is 10. The van der Waals surface area contributed by atoms with Crippen molar-refractivity contribution in [1.29, 1.82) is 0 Å². The summed E-state index contributed by atoms with van der Waals surface area (Å²) in [6.07, 6.45) is 32.7. The SMILES string of the molecule is CCCCCCCCC/C=C/CCC[C@@H](O)[C@@H](O)[C@H](CO[C@@H]1O[C@H](CO)[C@@H](O)[C@H](O)[C@H]1O)NC(=O)[C@H](O)CCCCCCCCCCCCCCCCCCCCCCCC. The van der Waals surface area contributed by atoms with Crippen LogP contribution in [0.4, 0.5) is 0 Å². The smallest absolute Gasteiger partial charge is 0.249 e. The predicted molar refractivity (Wildman–Crippen MR) is 247 cm³/mol. The van der Waals surface area contributed by atoms with Gasteiger partial charge in [-0.15, -0.1) is 0 Å². The maximum Gasteiger partial charge on any atom is 0.249 e. The number of carbonyl (C=O) groups is 1. The maximum atomic E-state index is 13.1. The number of unbranched alkanes of at least 4 members (excludes halogenated alkanes) is 29. The van der Waals surface area contributed by atoms with Crippen molar-refractivity contribution in [2.24, 2.45) is 0 Å². The van der Waals surface area contributed by atoms with E-state index in [4.69, 9.17) is 9.47 Å². The van der Waals surface area contributed by atoms with Gasteiger partial charge in [0, 0.05) is 0 Å². The van der Waals surface area contributed by atoms with Crippen LogP contribution in [0.2, 0.25) is 0 Å². The highest BCUT2D eigenvalue weighted by Gasteiger charge is 2.44. The van der Waals surface area contributed by atoms with Crippen molar-refractivity contribution in [2.45, 2.75) is 287 Å². The summed E-state index contributed by atoms with van der Waals surface area (Å²) >= 11 is 0. The molecule has 1 rings (SSSR count). The molecule has 9 atom stereocenters. The summed E-state index contributed by atoms with van der Waals surface area (Å²) in [5, 5.41) is 75.7. The van der Waals surface area contributed by atoms with Crippen LogP contribution < -0.4 is 5.32 Å². The first kappa shape index (κ1) is 57.9. The van der Waals surface area contributed by atoms with Gasteiger partial charge in [0.2, 0.25) is 5.91 Å². The van der Waals surface area contributed by atoms with Crippen molar-refractivity contribution in [3.63, 3.8) is 0 Å². The van der Waals surface area contributed by atoms with Gasteiger partial charge in [-0.25, -0.2) is 0 Å². The minimum Gasteiger partial charge on any atom is -0.394 e. The molecule has 0 spiro atoms. The Morgan fingerprint density at radius 1 is 0.557 bits per heavy atom. The van der Waals surface area contributed by atoms with Crippen molar-refractivity contribution in [2.75, 3.05) is 13.2 Å². The second-order valence-electron chi connectivity index (χ2n) is 18.2. The number of nitrogens with one attached hydrogen (secondary N) is 1. The van der Waals surface area contributed by atoms with Gasteiger partial charge in [0.05, 0.1) is 25.4 Å². The third-order valence-electron chi connectivity index (χ3n) is 12.6. The number of rotatable bonds is 43. The van der Waals surface area contributed by atoms with Gasteiger partial charge in [0.25, 0.3) is 0 Å². The van der Waals surface area contributed by atoms with Crippen LogP contribution in [0.1, 0.15) is 232 Å². The molecule has 0 aromatic carbocycles. The highest BCUT2D eigenvalue weighted by molar-refractivity contribution is 5.80. The lowest BCUT2D eigenvalue weighted by atomic mass is 9.98. The molecule has 1 saturated heterocycles. The molecule has 0 saturated carbocycles. The van der Waals surface area contributed by atoms with E-state index in [-0.39, 0.29) is 12.8 Å². The molecule has 1 aliphatic rings. The fourth-order valence-electron chi connectivity index (χ4n) is 8.32. The molecule has 0 bridgehead atoms. The Morgan fingerprint density at radius 3 is 1.41 bits per heavy atom. The molecule has 0 aromatic heterocycles. The number of allylic oxidation sites excluding steroid dienone is 2. The molecule has 362 valence electrons. The van der Waals surface area contributed by atoms with E-state index in [1.165, 1.54) is 154 Å². The van der Waals surface area contributed by atoms with Gasteiger partial charge in [-0.3, -0.25) is 4.79 Å². The highest BCUT2D eigenvalue weighted by Crippen LogP contribution is 2.23. The molecule has 0 aromatic rings. The standard InChI is InChI=1S/C50H97NO10/c1-3-5-7-9-11-13-15-17-18-19-20-21-22-23-24-25-26-28-30-32-34-36-38-43(54)49(59)51-41(40-60-50-48(58)47(57)46(56)44(39-52)61-50)45(55)42(53)37-35-33-31-29-27-16-14-12-10-8-6-4-2/h29,31,41-48,50,52-58H,3-28,30,32-40H2,1-2H3,(H,51,59)/b31-29+/t41-,42+,43+,44+,45-,46+,47-,48+,50+/m0/s1. The van der Waals surface area contributed by atoms with Crippen LogP contribution in [0.5, 0.6) is 0 Å². The first-order valence-corrected chi connectivity index (χ1v) is 25.6. The van der Waals surface area contributed by atoms with Gasteiger partial charge in [-0.2, -0.15) is 0 Å². The summed E-state index contributed by atoms with van der Waals surface area (Å²) in [5.74, 6) is -0.703. The minimum absolute atomic E-state index is 0.259. The van der Waals surface area contributed by atoms with Crippen molar-refractivity contribution in [3.8, 4) is 0 Å². The fourth-order valence-corrected chi connectivity index (χ4v) is 8.32. The molecule has 0 aliphatic carbocycles. The van der Waals surface area contributed by atoms with Gasteiger partial charge < -0.3 is 50.5 Å². The van der Waals surface area contributed by atoms with Gasteiger partial charge in [0.15, 0.2) is 6.29 Å². The molecule has 1 aliphatic heterocycles. The molecule has 1 heterocycles. The third-order valence-corrected chi connectivity index (χ3v) is 12.6. The average Bonchev–Trinajstić information content (AvgIpc) is 3.26. The lowest BCUT2D eigenvalue weighted by Crippen LogP contribution is -2.60. The predicted octanol–water partition coefficient (Wildman–Crippen LogP) is 9.23. The zero-order valence-corrected chi connectivity index (χ0v) is 39.2. The second-order valence-corrected chi connectivity index (χ2v) is 18.2. The van der Waals surface area contributed by atoms with Gasteiger partial charge in [-0.05, 0) is 38.5 Å². The topological polar surface area (TPSA) is 189 Å². The molecule has 0 radical (unpaired) electrons. The molecule has 1 amide bonds. The van der Waals surface area contributed by atoms with Gasteiger partial charge in [-0.1, -0.05) is 206 Å². The highest BCUT2D eigenvalue weighted by atomic mass is 16.7. The summed E-state index contributed by atoms with van der Waals surface area (Å²) in [4.78, 5) is 13.1. The van der Waals surface area contributed by atoms with Crippen LogP contribution in [0.25, 0.3) is 0 Å². The number of amides is 1. The quantitative estimate of drug-likeness (QED) is 0.0217. The molecular weight excluding hydrogens is 775 g/mol. The van der Waals surface area contributed by atoms with Crippen LogP contribution in [0, 0.1) is 0 Å². The first-order valence-electron chi connectivity index (χ1n) is 25.6. The molecule has 11 heteroatoms. The number of aliphatic hydroxyl groups excluding tert-OH is 7. The fraction of sp³-hybridized carbons (Fsp3) is 0.940. The molecule has 11 nitrogen and oxygen atoms in total. The third kappa shape index (κ3) is 29.8. The number of carbonyl (C=O) groups excluding carboxylic acids is 1. The molecule has 8 N–H and O–H groups in total. The van der Waals surface area contributed by atoms with Crippen LogP contribution in [-0.4, -0.2) is 110 Å². The van der Waals surface area contributed by atoms with Crippen LogP contribution in [0.15, 0.2) is 12.2 Å². The number of aliphatic hydroxyl groups is 7. The lowest BCUT2D eigenvalue weighted by Gasteiger charge is -2.40. The lowest BCUT2D eigenvalue weighted by molar-refractivity contribution is -0.303. The Labute approximate surface area is 372 Å². The Kier molecular flexibility index (Phi) is 38.3. The van der Waals surface area contributed by atoms with Crippen LogP contribution in [-0.2, 0) is 14.3 Å². The summed E-state index contributed by atoms with van der Waals surface area (Å²) in [5.41, 5.74) is 0. The Bertz CT molecular complexity index is 1000. The van der Waals surface area contributed by atoms with E-state index in [2.05, 4.69) is 31.3 Å². The van der Waals surface area contributed by atoms with Crippen LogP contribution >= 0.6 is 0 Å². The molecular formula is C50H97NO10. The van der Waals surface area contributed by atoms with Crippen molar-refractivity contribution in [1.82, 2.24) is 5.32 Å². The van der Waals surface area contributed by atoms with E-state index in [9.17, 15) is 40.5 Å². The minimum atomic E-state index is -1.66. The second kappa shape index (κ2) is 40.4. The molecule has 0 unspecified atom stereocenters. The van der Waals surface area contributed by atoms with Crippen molar-refractivity contribution in [3.05, 3.63) is 12.2 Å². The summed E-state index contributed by atoms with van der Waals surface area (Å²) < 4.78 is 11.1. The van der Waals surface area contributed by atoms with E-state index < -0.39 is 74.2 Å². The van der Waals surface area contributed by atoms with Gasteiger partial charge >= 0.3 is 0 Å². The van der Waals surface area contributed by atoms with Crippen molar-refractivity contribution < 1.29 is 50.0 Å². The molecule has 1 fully saturated rings. The van der Waals surface area contributed by atoms with Gasteiger partial charge in [0.1, 0.15) is 36.6 Å². The average molecular weight is 872 g/mol. The largest absolute Gasteiger partial charge is 0.394 e. The Hall–Kier alpha value is -1.15. The number of hydrogen-bond donors (Lipinski definition) is 8. The monoisotopic (exact) mass is 872 g/mol. The van der Waals surface area contributed by atoms with E-state index in [1.807, 2.05) is 0 Å². The Morgan fingerprint density at radius 2 is 0.967 bits per heavy atom. The van der Waals surface area contributed by atoms with E-state index >= 15 is 0 Å². The zero-order valence-electron chi connectivity index (χ0n) is 39.2.